The molecule has 0 amide bonds. The summed E-state index contributed by atoms with van der Waals surface area (Å²) in [5.41, 5.74) is 4.17. The average Bonchev–Trinajstić information content (AvgIpc) is 2.95. The van der Waals surface area contributed by atoms with Gasteiger partial charge in [0, 0.05) is 16.8 Å². The molecular formula is C29H26N8O2S2. The highest BCUT2D eigenvalue weighted by Crippen LogP contribution is 2.29. The molecular weight excluding hydrogens is 557 g/mol. The molecule has 0 unspecified atom stereocenters. The summed E-state index contributed by atoms with van der Waals surface area (Å²) in [4.78, 5) is 18.0. The van der Waals surface area contributed by atoms with Crippen LogP contribution >= 0.6 is 24.4 Å². The molecule has 206 valence electrons. The molecule has 0 fully saturated rings. The second kappa shape index (κ2) is 12.5. The highest BCUT2D eigenvalue weighted by molar-refractivity contribution is 7.81. The number of anilines is 4. The number of rotatable bonds is 7. The monoisotopic (exact) mass is 582 g/mol. The van der Waals surface area contributed by atoms with Crippen LogP contribution in [0.4, 0.5) is 23.3 Å². The van der Waals surface area contributed by atoms with E-state index in [0.29, 0.717) is 22.3 Å². The molecule has 0 bridgehead atoms. The molecule has 0 atom stereocenters. The standard InChI is InChI=1S/C29H26N8O2S2/c1-17-9-7-8-12-22(17)32-29(41)37-26-33-25(36-28(40)31-20-10-5-4-6-11-20)34-27(35-26)39-24-16-19-15-21(38-3)13-14-23(19)30-18(24)2/h4-16H,1-3H3,(H4,31,32,33,34,35,36,37,40,41). The molecule has 0 radical (unpaired) electrons. The normalized spacial score (nSPS) is 10.5. The van der Waals surface area contributed by atoms with Crippen LogP contribution in [0, 0.1) is 13.8 Å². The van der Waals surface area contributed by atoms with E-state index in [9.17, 15) is 0 Å². The second-order valence-corrected chi connectivity index (χ2v) is 9.65. The number of nitrogens with zero attached hydrogens (tertiary/aromatic N) is 4. The van der Waals surface area contributed by atoms with Gasteiger partial charge in [-0.2, -0.15) is 15.0 Å². The topological polar surface area (TPSA) is 118 Å². The van der Waals surface area contributed by atoms with Crippen LogP contribution in [0.5, 0.6) is 17.5 Å². The highest BCUT2D eigenvalue weighted by Gasteiger charge is 2.14. The molecule has 0 spiro atoms. The van der Waals surface area contributed by atoms with Gasteiger partial charge >= 0.3 is 6.01 Å². The van der Waals surface area contributed by atoms with Gasteiger partial charge in [0.15, 0.2) is 16.0 Å². The summed E-state index contributed by atoms with van der Waals surface area (Å²) in [6.07, 6.45) is 0. The van der Waals surface area contributed by atoms with E-state index >= 15 is 0 Å². The lowest BCUT2D eigenvalue weighted by Crippen LogP contribution is -2.24. The summed E-state index contributed by atoms with van der Waals surface area (Å²) in [5, 5.41) is 13.7. The van der Waals surface area contributed by atoms with Crippen molar-refractivity contribution in [3.05, 3.63) is 90.1 Å². The molecule has 0 aliphatic carbocycles. The number of hydrogen-bond donors (Lipinski definition) is 4. The quantitative estimate of drug-likeness (QED) is 0.158. The van der Waals surface area contributed by atoms with Gasteiger partial charge in [-0.15, -0.1) is 0 Å². The number of hydrogen-bond acceptors (Lipinski definition) is 8. The fraction of sp³-hybridized carbons (Fsp3) is 0.103. The minimum absolute atomic E-state index is 0.0124. The molecule has 0 saturated carbocycles. The lowest BCUT2D eigenvalue weighted by molar-refractivity contribution is 0.415. The number of aryl methyl sites for hydroxylation is 2. The van der Waals surface area contributed by atoms with Gasteiger partial charge in [-0.3, -0.25) is 0 Å². The first kappa shape index (κ1) is 27.6. The SMILES string of the molecule is COc1ccc2nc(C)c(Oc3nc(NC(=S)Nc4ccccc4)nc(NC(=S)Nc4ccccc4C)n3)cc2c1. The molecule has 3 aromatic carbocycles. The number of methoxy groups -OCH3 is 1. The highest BCUT2D eigenvalue weighted by atomic mass is 32.1. The molecule has 12 heteroatoms. The molecule has 0 aliphatic heterocycles. The van der Waals surface area contributed by atoms with Crippen molar-refractivity contribution in [2.75, 3.05) is 28.4 Å². The van der Waals surface area contributed by atoms with Gasteiger partial charge in [0.05, 0.1) is 18.3 Å². The van der Waals surface area contributed by atoms with E-state index in [4.69, 9.17) is 33.9 Å². The Morgan fingerprint density at radius 1 is 0.707 bits per heavy atom. The Labute approximate surface area is 247 Å². The average molecular weight is 583 g/mol. The van der Waals surface area contributed by atoms with E-state index in [2.05, 4.69) is 41.2 Å². The summed E-state index contributed by atoms with van der Waals surface area (Å²) < 4.78 is 11.5. The first-order chi connectivity index (χ1) is 19.9. The van der Waals surface area contributed by atoms with Crippen molar-refractivity contribution >= 4 is 68.8 Å². The van der Waals surface area contributed by atoms with Gasteiger partial charge in [0.1, 0.15) is 5.75 Å². The third-order valence-electron chi connectivity index (χ3n) is 5.86. The van der Waals surface area contributed by atoms with Crippen LogP contribution in [0.1, 0.15) is 11.3 Å². The molecule has 5 aromatic rings. The van der Waals surface area contributed by atoms with Crippen LogP contribution in [0.3, 0.4) is 0 Å². The smallest absolute Gasteiger partial charge is 0.328 e. The van der Waals surface area contributed by atoms with Gasteiger partial charge in [-0.25, -0.2) is 4.98 Å². The Bertz CT molecular complexity index is 1730. The first-order valence-electron chi connectivity index (χ1n) is 12.5. The minimum Gasteiger partial charge on any atom is -0.497 e. The fourth-order valence-electron chi connectivity index (χ4n) is 3.83. The van der Waals surface area contributed by atoms with Crippen LogP contribution in [0.2, 0.25) is 0 Å². The lowest BCUT2D eigenvalue weighted by atomic mass is 10.2. The maximum absolute atomic E-state index is 6.12. The first-order valence-corrected chi connectivity index (χ1v) is 13.3. The maximum atomic E-state index is 6.12. The van der Waals surface area contributed by atoms with Gasteiger partial charge in [0.2, 0.25) is 11.9 Å². The number of benzene rings is 3. The summed E-state index contributed by atoms with van der Waals surface area (Å²) >= 11 is 11.0. The molecule has 5 rings (SSSR count). The Hall–Kier alpha value is -4.94. The Morgan fingerprint density at radius 3 is 2.10 bits per heavy atom. The van der Waals surface area contributed by atoms with Crippen LogP contribution in [0.15, 0.2) is 78.9 Å². The van der Waals surface area contributed by atoms with Gasteiger partial charge in [-0.1, -0.05) is 36.4 Å². The van der Waals surface area contributed by atoms with Crippen LogP contribution in [-0.2, 0) is 0 Å². The largest absolute Gasteiger partial charge is 0.497 e. The van der Waals surface area contributed by atoms with E-state index in [-0.39, 0.29) is 23.0 Å². The minimum atomic E-state index is 0.0124. The van der Waals surface area contributed by atoms with Gasteiger partial charge in [0.25, 0.3) is 0 Å². The van der Waals surface area contributed by atoms with Crippen molar-refractivity contribution in [3.8, 4) is 17.5 Å². The number of ether oxygens (including phenoxy) is 2. The summed E-state index contributed by atoms with van der Waals surface area (Å²) in [6, 6.07) is 24.8. The van der Waals surface area contributed by atoms with Crippen LogP contribution in [-0.4, -0.2) is 37.3 Å². The second-order valence-electron chi connectivity index (χ2n) is 8.84. The zero-order chi connectivity index (χ0) is 28.8. The summed E-state index contributed by atoms with van der Waals surface area (Å²) in [7, 11) is 1.61. The predicted octanol–water partition coefficient (Wildman–Crippen LogP) is 6.46. The number of aromatic nitrogens is 4. The van der Waals surface area contributed by atoms with E-state index in [0.717, 1.165) is 27.8 Å². The molecule has 10 nitrogen and oxygen atoms in total. The van der Waals surface area contributed by atoms with Gasteiger partial charge in [-0.05, 0) is 86.3 Å². The van der Waals surface area contributed by atoms with Crippen molar-refractivity contribution in [1.29, 1.82) is 0 Å². The van der Waals surface area contributed by atoms with Crippen molar-refractivity contribution in [3.63, 3.8) is 0 Å². The van der Waals surface area contributed by atoms with E-state index in [1.807, 2.05) is 92.7 Å². The summed E-state index contributed by atoms with van der Waals surface area (Å²) in [5.74, 6) is 1.48. The third kappa shape index (κ3) is 7.18. The fourth-order valence-corrected chi connectivity index (χ4v) is 4.24. The van der Waals surface area contributed by atoms with Gasteiger partial charge < -0.3 is 30.7 Å². The number of para-hydroxylation sites is 2. The summed E-state index contributed by atoms with van der Waals surface area (Å²) in [6.45, 7) is 3.83. The molecule has 2 aromatic heterocycles. The van der Waals surface area contributed by atoms with Crippen LogP contribution in [0.25, 0.3) is 10.9 Å². The van der Waals surface area contributed by atoms with E-state index < -0.39 is 0 Å². The van der Waals surface area contributed by atoms with Crippen LogP contribution < -0.4 is 30.7 Å². The number of fused-ring (bicyclic) bond motifs is 1. The van der Waals surface area contributed by atoms with E-state index in [1.54, 1.807) is 7.11 Å². The van der Waals surface area contributed by atoms with E-state index in [1.165, 1.54) is 0 Å². The Kier molecular flexibility index (Phi) is 8.42. The Balaban J connectivity index is 1.43. The molecule has 2 heterocycles. The van der Waals surface area contributed by atoms with Crippen molar-refractivity contribution in [2.24, 2.45) is 0 Å². The van der Waals surface area contributed by atoms with Crippen molar-refractivity contribution in [2.45, 2.75) is 13.8 Å². The Morgan fingerprint density at radius 2 is 1.39 bits per heavy atom. The molecule has 4 N–H and O–H groups in total. The maximum Gasteiger partial charge on any atom is 0.328 e. The lowest BCUT2D eigenvalue weighted by Gasteiger charge is -2.14. The zero-order valence-corrected chi connectivity index (χ0v) is 24.1. The molecule has 0 aliphatic rings. The third-order valence-corrected chi connectivity index (χ3v) is 6.27. The predicted molar refractivity (Wildman–Crippen MR) is 170 cm³/mol. The number of nitrogens with one attached hydrogen (secondary N) is 4. The van der Waals surface area contributed by atoms with Crippen molar-refractivity contribution < 1.29 is 9.47 Å². The number of thiocarbonyl (C=S) groups is 2. The van der Waals surface area contributed by atoms with Crippen molar-refractivity contribution in [1.82, 2.24) is 19.9 Å². The number of pyridine rings is 1. The molecule has 41 heavy (non-hydrogen) atoms. The molecule has 0 saturated heterocycles. The zero-order valence-electron chi connectivity index (χ0n) is 22.4.